The first kappa shape index (κ1) is 11.3. The van der Waals surface area contributed by atoms with E-state index in [4.69, 9.17) is 0 Å². The van der Waals surface area contributed by atoms with Crippen molar-refractivity contribution in [3.63, 3.8) is 0 Å². The van der Waals surface area contributed by atoms with Crippen LogP contribution in [0.4, 0.5) is 4.39 Å². The molecule has 0 radical (unpaired) electrons. The van der Waals surface area contributed by atoms with Crippen LogP contribution in [0.25, 0.3) is 5.57 Å². The first-order valence-corrected chi connectivity index (χ1v) is 5.98. The fourth-order valence-electron chi connectivity index (χ4n) is 2.22. The lowest BCUT2D eigenvalue weighted by Gasteiger charge is -2.24. The molecule has 0 aromatic heterocycles. The maximum absolute atomic E-state index is 12.8. The molecule has 1 N–H and O–H groups in total. The lowest BCUT2D eigenvalue weighted by molar-refractivity contribution is 0.495. The highest BCUT2D eigenvalue weighted by Crippen LogP contribution is 2.24. The Morgan fingerprint density at radius 1 is 1.31 bits per heavy atom. The van der Waals surface area contributed by atoms with Crippen LogP contribution in [0.1, 0.15) is 31.7 Å². The van der Waals surface area contributed by atoms with E-state index in [2.05, 4.69) is 18.3 Å². The summed E-state index contributed by atoms with van der Waals surface area (Å²) in [4.78, 5) is 0. The molecule has 1 aliphatic heterocycles. The minimum atomic E-state index is -0.164. The van der Waals surface area contributed by atoms with Crippen LogP contribution in [-0.2, 0) is 0 Å². The number of benzene rings is 1. The molecule has 1 nitrogen and oxygen atoms in total. The van der Waals surface area contributed by atoms with Gasteiger partial charge < -0.3 is 5.32 Å². The van der Waals surface area contributed by atoms with Crippen LogP contribution >= 0.6 is 0 Å². The van der Waals surface area contributed by atoms with Crippen LogP contribution in [0, 0.1) is 5.82 Å². The van der Waals surface area contributed by atoms with Gasteiger partial charge in [-0.25, -0.2) is 4.39 Å². The van der Waals surface area contributed by atoms with Crippen molar-refractivity contribution in [3.05, 3.63) is 41.7 Å². The van der Waals surface area contributed by atoms with Gasteiger partial charge in [0.2, 0.25) is 0 Å². The number of halogens is 1. The summed E-state index contributed by atoms with van der Waals surface area (Å²) in [6.45, 7) is 3.13. The fraction of sp³-hybridized carbons (Fsp3) is 0.429. The summed E-state index contributed by atoms with van der Waals surface area (Å²) in [5.41, 5.74) is 2.50. The number of hydrogen-bond acceptors (Lipinski definition) is 1. The van der Waals surface area contributed by atoms with Crippen LogP contribution in [-0.4, -0.2) is 12.6 Å². The predicted molar refractivity (Wildman–Crippen MR) is 65.7 cm³/mol. The SMILES string of the molecule is CCC[C@@H]1CC(c2ccc(F)cc2)=CCN1. The third-order valence-corrected chi connectivity index (χ3v) is 3.07. The summed E-state index contributed by atoms with van der Waals surface area (Å²) in [5, 5.41) is 3.48. The maximum atomic E-state index is 12.8. The second-order valence-electron chi connectivity index (χ2n) is 4.33. The van der Waals surface area contributed by atoms with Crippen molar-refractivity contribution < 1.29 is 4.39 Å². The minimum Gasteiger partial charge on any atom is -0.310 e. The Morgan fingerprint density at radius 2 is 2.06 bits per heavy atom. The second-order valence-corrected chi connectivity index (χ2v) is 4.33. The zero-order chi connectivity index (χ0) is 11.4. The smallest absolute Gasteiger partial charge is 0.123 e. The van der Waals surface area contributed by atoms with E-state index >= 15 is 0 Å². The molecule has 0 aliphatic carbocycles. The van der Waals surface area contributed by atoms with Crippen molar-refractivity contribution in [1.82, 2.24) is 5.32 Å². The first-order chi connectivity index (χ1) is 7.79. The Balaban J connectivity index is 2.09. The Labute approximate surface area is 96.4 Å². The molecule has 0 saturated carbocycles. The predicted octanol–water partition coefficient (Wildman–Crippen LogP) is 3.37. The molecule has 0 saturated heterocycles. The van der Waals surface area contributed by atoms with Crippen LogP contribution in [0.2, 0.25) is 0 Å². The van der Waals surface area contributed by atoms with Crippen LogP contribution in [0.5, 0.6) is 0 Å². The van der Waals surface area contributed by atoms with Gasteiger partial charge in [0, 0.05) is 12.6 Å². The highest BCUT2D eigenvalue weighted by atomic mass is 19.1. The van der Waals surface area contributed by atoms with Gasteiger partial charge in [0.1, 0.15) is 5.82 Å². The molecule has 1 aromatic rings. The first-order valence-electron chi connectivity index (χ1n) is 5.98. The summed E-state index contributed by atoms with van der Waals surface area (Å²) in [6, 6.07) is 7.39. The molecule has 0 amide bonds. The molecule has 0 fully saturated rings. The number of rotatable bonds is 3. The summed E-state index contributed by atoms with van der Waals surface area (Å²) < 4.78 is 12.8. The molecule has 2 rings (SSSR count). The van der Waals surface area contributed by atoms with E-state index in [9.17, 15) is 4.39 Å². The highest BCUT2D eigenvalue weighted by Gasteiger charge is 2.14. The maximum Gasteiger partial charge on any atom is 0.123 e. The van der Waals surface area contributed by atoms with E-state index in [1.165, 1.54) is 30.5 Å². The third-order valence-electron chi connectivity index (χ3n) is 3.07. The molecule has 1 aromatic carbocycles. The lowest BCUT2D eigenvalue weighted by Crippen LogP contribution is -2.32. The molecule has 1 aliphatic rings. The van der Waals surface area contributed by atoms with Gasteiger partial charge in [-0.2, -0.15) is 0 Å². The summed E-state index contributed by atoms with van der Waals surface area (Å²) >= 11 is 0. The lowest BCUT2D eigenvalue weighted by atomic mass is 9.93. The molecule has 0 bridgehead atoms. The molecule has 1 heterocycles. The van der Waals surface area contributed by atoms with Crippen molar-refractivity contribution in [1.29, 1.82) is 0 Å². The molecule has 1 atom stereocenters. The normalized spacial score (nSPS) is 20.6. The molecule has 2 heteroatoms. The Hall–Kier alpha value is -1.15. The summed E-state index contributed by atoms with van der Waals surface area (Å²) in [7, 11) is 0. The van der Waals surface area contributed by atoms with E-state index in [1.807, 2.05) is 12.1 Å². The van der Waals surface area contributed by atoms with Crippen LogP contribution in [0.3, 0.4) is 0 Å². The Kier molecular flexibility index (Phi) is 3.73. The average Bonchev–Trinajstić information content (AvgIpc) is 2.31. The van der Waals surface area contributed by atoms with Crippen molar-refractivity contribution in [2.24, 2.45) is 0 Å². The van der Waals surface area contributed by atoms with Crippen molar-refractivity contribution in [2.75, 3.05) is 6.54 Å². The molecular weight excluding hydrogens is 201 g/mol. The Morgan fingerprint density at radius 3 is 2.75 bits per heavy atom. The van der Waals surface area contributed by atoms with Crippen molar-refractivity contribution in [3.8, 4) is 0 Å². The number of nitrogens with one attached hydrogen (secondary N) is 1. The van der Waals surface area contributed by atoms with E-state index < -0.39 is 0 Å². The van der Waals surface area contributed by atoms with Gasteiger partial charge in [0.15, 0.2) is 0 Å². The third kappa shape index (κ3) is 2.70. The van der Waals surface area contributed by atoms with E-state index in [-0.39, 0.29) is 5.82 Å². The fourth-order valence-corrected chi connectivity index (χ4v) is 2.22. The van der Waals surface area contributed by atoms with Gasteiger partial charge >= 0.3 is 0 Å². The van der Waals surface area contributed by atoms with E-state index in [0.29, 0.717) is 6.04 Å². The van der Waals surface area contributed by atoms with Gasteiger partial charge in [-0.3, -0.25) is 0 Å². The van der Waals surface area contributed by atoms with Crippen molar-refractivity contribution >= 4 is 5.57 Å². The van der Waals surface area contributed by atoms with Gasteiger partial charge in [-0.15, -0.1) is 0 Å². The van der Waals surface area contributed by atoms with E-state index in [1.54, 1.807) is 0 Å². The number of hydrogen-bond donors (Lipinski definition) is 1. The zero-order valence-corrected chi connectivity index (χ0v) is 9.67. The van der Waals surface area contributed by atoms with Gasteiger partial charge in [-0.05, 0) is 36.1 Å². The summed E-state index contributed by atoms with van der Waals surface area (Å²) in [5.74, 6) is -0.164. The minimum absolute atomic E-state index is 0.164. The van der Waals surface area contributed by atoms with Gasteiger partial charge in [0.25, 0.3) is 0 Å². The Bertz CT molecular complexity index is 367. The van der Waals surface area contributed by atoms with Gasteiger partial charge in [-0.1, -0.05) is 31.6 Å². The molecule has 0 spiro atoms. The second kappa shape index (κ2) is 5.26. The largest absolute Gasteiger partial charge is 0.310 e. The summed E-state index contributed by atoms with van der Waals surface area (Å²) in [6.07, 6.45) is 5.67. The molecule has 16 heavy (non-hydrogen) atoms. The van der Waals surface area contributed by atoms with Gasteiger partial charge in [0.05, 0.1) is 0 Å². The average molecular weight is 219 g/mol. The van der Waals surface area contributed by atoms with Crippen LogP contribution < -0.4 is 5.32 Å². The molecular formula is C14H18FN. The standard InChI is InChI=1S/C14H18FN/c1-2-3-14-10-12(8-9-16-14)11-4-6-13(15)7-5-11/h4-8,14,16H,2-3,9-10H2,1H3/t14-/m1/s1. The monoisotopic (exact) mass is 219 g/mol. The quantitative estimate of drug-likeness (QED) is 0.821. The van der Waals surface area contributed by atoms with Crippen molar-refractivity contribution in [2.45, 2.75) is 32.2 Å². The van der Waals surface area contributed by atoms with Crippen LogP contribution in [0.15, 0.2) is 30.3 Å². The topological polar surface area (TPSA) is 12.0 Å². The van der Waals surface area contributed by atoms with E-state index in [0.717, 1.165) is 18.5 Å². The molecule has 86 valence electrons. The zero-order valence-electron chi connectivity index (χ0n) is 9.67. The molecule has 0 unspecified atom stereocenters. The highest BCUT2D eigenvalue weighted by molar-refractivity contribution is 5.66.